The van der Waals surface area contributed by atoms with E-state index in [1.54, 1.807) is 28.4 Å². The van der Waals surface area contributed by atoms with E-state index >= 15 is 0 Å². The number of aromatic carboxylic acids is 1. The number of hydrogen-bond acceptors (Lipinski definition) is 3. The molecule has 0 aliphatic heterocycles. The van der Waals surface area contributed by atoms with Gasteiger partial charge in [0.05, 0.1) is 29.7 Å². The van der Waals surface area contributed by atoms with Gasteiger partial charge in [-0.1, -0.05) is 6.08 Å². The van der Waals surface area contributed by atoms with Gasteiger partial charge >= 0.3 is 11.7 Å². The second-order valence-corrected chi connectivity index (χ2v) is 4.66. The molecule has 1 heterocycles. The molecule has 0 unspecified atom stereocenters. The molecule has 6 nitrogen and oxygen atoms in total. The summed E-state index contributed by atoms with van der Waals surface area (Å²) in [6.07, 6.45) is 2.37. The van der Waals surface area contributed by atoms with Crippen LogP contribution in [0.4, 0.5) is 0 Å². The summed E-state index contributed by atoms with van der Waals surface area (Å²) in [5, 5.41) is 9.10. The Bertz CT molecular complexity index is 727. The van der Waals surface area contributed by atoms with Crippen LogP contribution in [0.25, 0.3) is 11.0 Å². The SMILES string of the molecule is C=CCCn1c(=O)n(CCOC)c2ccc(C(=O)O)cc21. The number of nitrogens with zero attached hydrogens (tertiary/aromatic N) is 2. The first kappa shape index (κ1) is 15.1. The van der Waals surface area contributed by atoms with E-state index in [0.717, 1.165) is 0 Å². The van der Waals surface area contributed by atoms with Crippen molar-refractivity contribution in [3.63, 3.8) is 0 Å². The lowest BCUT2D eigenvalue weighted by atomic mass is 10.2. The van der Waals surface area contributed by atoms with Crippen molar-refractivity contribution >= 4 is 17.0 Å². The third kappa shape index (κ3) is 2.90. The minimum absolute atomic E-state index is 0.161. The van der Waals surface area contributed by atoms with Crippen molar-refractivity contribution in [2.75, 3.05) is 13.7 Å². The highest BCUT2D eigenvalue weighted by Gasteiger charge is 2.14. The first-order valence-corrected chi connectivity index (χ1v) is 6.66. The lowest BCUT2D eigenvalue weighted by Gasteiger charge is -2.02. The Morgan fingerprint density at radius 1 is 1.33 bits per heavy atom. The van der Waals surface area contributed by atoms with Gasteiger partial charge in [0.1, 0.15) is 0 Å². The first-order valence-electron chi connectivity index (χ1n) is 6.66. The molecule has 112 valence electrons. The number of carboxylic acids is 1. The van der Waals surface area contributed by atoms with Crippen molar-refractivity contribution in [1.29, 1.82) is 0 Å². The van der Waals surface area contributed by atoms with Gasteiger partial charge in [0.15, 0.2) is 0 Å². The van der Waals surface area contributed by atoms with E-state index in [-0.39, 0.29) is 11.3 Å². The topological polar surface area (TPSA) is 73.5 Å². The first-order chi connectivity index (χ1) is 10.1. The summed E-state index contributed by atoms with van der Waals surface area (Å²) >= 11 is 0. The maximum absolute atomic E-state index is 12.5. The Kier molecular flexibility index (Phi) is 4.59. The molecule has 0 saturated heterocycles. The summed E-state index contributed by atoms with van der Waals surface area (Å²) in [6, 6.07) is 4.71. The Balaban J connectivity index is 2.62. The highest BCUT2D eigenvalue weighted by atomic mass is 16.5. The molecule has 21 heavy (non-hydrogen) atoms. The van der Waals surface area contributed by atoms with Gasteiger partial charge in [0.2, 0.25) is 0 Å². The molecule has 6 heteroatoms. The van der Waals surface area contributed by atoms with Gasteiger partial charge in [-0.3, -0.25) is 9.13 Å². The molecule has 0 aliphatic rings. The summed E-state index contributed by atoms with van der Waals surface area (Å²) in [5.41, 5.74) is 1.34. The van der Waals surface area contributed by atoms with Gasteiger partial charge in [-0.2, -0.15) is 0 Å². The van der Waals surface area contributed by atoms with Crippen LogP contribution < -0.4 is 5.69 Å². The zero-order valence-corrected chi connectivity index (χ0v) is 11.9. The Morgan fingerprint density at radius 3 is 2.67 bits per heavy atom. The van der Waals surface area contributed by atoms with Gasteiger partial charge in [-0.05, 0) is 24.6 Å². The number of carboxylic acid groups (broad SMARTS) is 1. The molecule has 0 amide bonds. The highest BCUT2D eigenvalue weighted by Crippen LogP contribution is 2.16. The Hall–Kier alpha value is -2.34. The van der Waals surface area contributed by atoms with E-state index < -0.39 is 5.97 Å². The maximum Gasteiger partial charge on any atom is 0.335 e. The van der Waals surface area contributed by atoms with Crippen molar-refractivity contribution in [2.24, 2.45) is 0 Å². The van der Waals surface area contributed by atoms with Crippen molar-refractivity contribution in [1.82, 2.24) is 9.13 Å². The van der Waals surface area contributed by atoms with Gasteiger partial charge in [-0.25, -0.2) is 9.59 Å². The van der Waals surface area contributed by atoms with E-state index in [4.69, 9.17) is 9.84 Å². The molecule has 1 aromatic carbocycles. The van der Waals surface area contributed by atoms with Crippen molar-refractivity contribution in [3.05, 3.63) is 46.9 Å². The molecule has 0 spiro atoms. The number of ether oxygens (including phenoxy) is 1. The molecular weight excluding hydrogens is 272 g/mol. The quantitative estimate of drug-likeness (QED) is 0.788. The second kappa shape index (κ2) is 6.41. The molecule has 2 aromatic rings. The number of carbonyl (C=O) groups is 1. The lowest BCUT2D eigenvalue weighted by Crippen LogP contribution is -2.25. The van der Waals surface area contributed by atoms with Crippen LogP contribution in [0.5, 0.6) is 0 Å². The zero-order valence-electron chi connectivity index (χ0n) is 11.9. The highest BCUT2D eigenvalue weighted by molar-refractivity contribution is 5.92. The van der Waals surface area contributed by atoms with E-state index in [1.165, 1.54) is 12.1 Å². The molecule has 2 rings (SSSR count). The normalized spacial score (nSPS) is 10.9. The molecule has 1 N–H and O–H groups in total. The fourth-order valence-corrected chi connectivity index (χ4v) is 2.29. The van der Waals surface area contributed by atoms with E-state index in [9.17, 15) is 9.59 Å². The molecule has 0 atom stereocenters. The minimum Gasteiger partial charge on any atom is -0.478 e. The maximum atomic E-state index is 12.5. The molecule has 0 fully saturated rings. The number of aryl methyl sites for hydroxylation is 1. The second-order valence-electron chi connectivity index (χ2n) is 4.66. The average Bonchev–Trinajstić information content (AvgIpc) is 2.74. The van der Waals surface area contributed by atoms with Crippen molar-refractivity contribution in [2.45, 2.75) is 19.5 Å². The molecular formula is C15H18N2O4. The number of hydrogen-bond donors (Lipinski definition) is 1. The van der Waals surface area contributed by atoms with Gasteiger partial charge < -0.3 is 9.84 Å². The molecule has 0 aliphatic carbocycles. The summed E-state index contributed by atoms with van der Waals surface area (Å²) in [5.74, 6) is -1.01. The summed E-state index contributed by atoms with van der Waals surface area (Å²) < 4.78 is 8.21. The smallest absolute Gasteiger partial charge is 0.335 e. The minimum atomic E-state index is -1.01. The largest absolute Gasteiger partial charge is 0.478 e. The van der Waals surface area contributed by atoms with Crippen LogP contribution >= 0.6 is 0 Å². The van der Waals surface area contributed by atoms with E-state index in [2.05, 4.69) is 6.58 Å². The van der Waals surface area contributed by atoms with Crippen LogP contribution in [0, 0.1) is 0 Å². The summed E-state index contributed by atoms with van der Waals surface area (Å²) in [6.45, 7) is 4.97. The predicted molar refractivity (Wildman–Crippen MR) is 79.8 cm³/mol. The van der Waals surface area contributed by atoms with Crippen LogP contribution in [0.3, 0.4) is 0 Å². The lowest BCUT2D eigenvalue weighted by molar-refractivity contribution is 0.0697. The van der Waals surface area contributed by atoms with E-state index in [0.29, 0.717) is 37.2 Å². The van der Waals surface area contributed by atoms with Gasteiger partial charge in [0.25, 0.3) is 0 Å². The number of benzene rings is 1. The number of aromatic nitrogens is 2. The average molecular weight is 290 g/mol. The molecule has 0 saturated carbocycles. The Labute approximate surface area is 121 Å². The number of methoxy groups -OCH3 is 1. The van der Waals surface area contributed by atoms with Crippen LogP contribution in [0.15, 0.2) is 35.6 Å². The summed E-state index contributed by atoms with van der Waals surface area (Å²) in [7, 11) is 1.57. The number of rotatable bonds is 7. The van der Waals surface area contributed by atoms with Crippen LogP contribution in [-0.4, -0.2) is 33.9 Å². The van der Waals surface area contributed by atoms with Crippen molar-refractivity contribution < 1.29 is 14.6 Å². The van der Waals surface area contributed by atoms with Gasteiger partial charge in [-0.15, -0.1) is 6.58 Å². The number of allylic oxidation sites excluding steroid dienone is 1. The van der Waals surface area contributed by atoms with E-state index in [1.807, 2.05) is 0 Å². The fourth-order valence-electron chi connectivity index (χ4n) is 2.29. The number of fused-ring (bicyclic) bond motifs is 1. The standard InChI is InChI=1S/C15H18N2O4/c1-3-4-7-16-13-10-11(14(18)19)5-6-12(13)17(15(16)20)8-9-21-2/h3,5-6,10H,1,4,7-9H2,2H3,(H,18,19). The predicted octanol–water partition coefficient (Wildman–Crippen LogP) is 1.72. The third-order valence-corrected chi connectivity index (χ3v) is 3.34. The molecule has 0 radical (unpaired) electrons. The van der Waals surface area contributed by atoms with Crippen LogP contribution in [0.2, 0.25) is 0 Å². The van der Waals surface area contributed by atoms with Gasteiger partial charge in [0, 0.05) is 13.7 Å². The van der Waals surface area contributed by atoms with Crippen LogP contribution in [-0.2, 0) is 17.8 Å². The van der Waals surface area contributed by atoms with Crippen LogP contribution in [0.1, 0.15) is 16.8 Å². The molecule has 0 bridgehead atoms. The van der Waals surface area contributed by atoms with Crippen molar-refractivity contribution in [3.8, 4) is 0 Å². The zero-order chi connectivity index (χ0) is 15.4. The Morgan fingerprint density at radius 2 is 2.05 bits per heavy atom. The molecule has 1 aromatic heterocycles. The monoisotopic (exact) mass is 290 g/mol. The number of imidazole rings is 1. The third-order valence-electron chi connectivity index (χ3n) is 3.34. The summed E-state index contributed by atoms with van der Waals surface area (Å²) in [4.78, 5) is 23.6. The fraction of sp³-hybridized carbons (Fsp3) is 0.333.